The van der Waals surface area contributed by atoms with Crippen LogP contribution in [0, 0.1) is 0 Å². The SMILES string of the molecule is CC(C)OC(=O)Nc1ccc(-c2c(N)c3ccc(CCCNC4CC4)cc3n2C2CCC2)cc1. The predicted octanol–water partition coefficient (Wildman–Crippen LogP) is 6.26. The number of amides is 1. The molecule has 0 spiro atoms. The third-order valence-electron chi connectivity index (χ3n) is 6.95. The van der Waals surface area contributed by atoms with Crippen LogP contribution >= 0.6 is 0 Å². The van der Waals surface area contributed by atoms with E-state index in [0.29, 0.717) is 11.7 Å². The first-order valence-electron chi connectivity index (χ1n) is 12.7. The normalized spacial score (nSPS) is 16.1. The van der Waals surface area contributed by atoms with Gasteiger partial charge in [0, 0.05) is 28.7 Å². The van der Waals surface area contributed by atoms with Crippen LogP contribution < -0.4 is 16.4 Å². The number of hydrogen-bond acceptors (Lipinski definition) is 4. The number of nitrogens with zero attached hydrogens (tertiary/aromatic N) is 1. The van der Waals surface area contributed by atoms with Crippen LogP contribution in [-0.2, 0) is 11.2 Å². The fourth-order valence-corrected chi connectivity index (χ4v) is 4.82. The van der Waals surface area contributed by atoms with Crippen molar-refractivity contribution in [3.8, 4) is 11.3 Å². The number of aromatic nitrogens is 1. The van der Waals surface area contributed by atoms with E-state index in [4.69, 9.17) is 10.5 Å². The van der Waals surface area contributed by atoms with E-state index < -0.39 is 6.09 Å². The highest BCUT2D eigenvalue weighted by atomic mass is 16.6. The number of nitrogens with one attached hydrogen (secondary N) is 2. The molecule has 0 atom stereocenters. The minimum atomic E-state index is -0.439. The molecule has 34 heavy (non-hydrogen) atoms. The third kappa shape index (κ3) is 4.92. The topological polar surface area (TPSA) is 81.3 Å². The van der Waals surface area contributed by atoms with Gasteiger partial charge in [-0.2, -0.15) is 0 Å². The molecule has 1 aromatic heterocycles. The molecular weight excluding hydrogens is 424 g/mol. The van der Waals surface area contributed by atoms with Gasteiger partial charge in [0.05, 0.1) is 23.0 Å². The van der Waals surface area contributed by atoms with Gasteiger partial charge in [0.2, 0.25) is 0 Å². The molecule has 6 nitrogen and oxygen atoms in total. The van der Waals surface area contributed by atoms with Gasteiger partial charge in [-0.1, -0.05) is 24.3 Å². The Morgan fingerprint density at radius 3 is 2.53 bits per heavy atom. The zero-order valence-corrected chi connectivity index (χ0v) is 20.3. The van der Waals surface area contributed by atoms with E-state index in [-0.39, 0.29) is 6.10 Å². The number of aryl methyl sites for hydroxylation is 1. The molecule has 0 aliphatic heterocycles. The van der Waals surface area contributed by atoms with Gasteiger partial charge >= 0.3 is 6.09 Å². The van der Waals surface area contributed by atoms with Crippen molar-refractivity contribution in [2.45, 2.75) is 77.0 Å². The van der Waals surface area contributed by atoms with Crippen LogP contribution in [-0.4, -0.2) is 29.4 Å². The second kappa shape index (κ2) is 9.71. The third-order valence-corrected chi connectivity index (χ3v) is 6.95. The van der Waals surface area contributed by atoms with Gasteiger partial charge in [0.1, 0.15) is 0 Å². The van der Waals surface area contributed by atoms with Gasteiger partial charge < -0.3 is 20.4 Å². The number of hydrogen-bond donors (Lipinski definition) is 3. The maximum atomic E-state index is 11.9. The summed E-state index contributed by atoms with van der Waals surface area (Å²) < 4.78 is 7.65. The molecule has 2 aliphatic rings. The summed E-state index contributed by atoms with van der Waals surface area (Å²) >= 11 is 0. The average molecular weight is 461 g/mol. The average Bonchev–Trinajstić information content (AvgIpc) is 3.55. The first-order valence-corrected chi connectivity index (χ1v) is 12.7. The summed E-state index contributed by atoms with van der Waals surface area (Å²) in [5.74, 6) is 0. The Morgan fingerprint density at radius 1 is 1.12 bits per heavy atom. The summed E-state index contributed by atoms with van der Waals surface area (Å²) in [5.41, 5.74) is 13.1. The molecule has 0 unspecified atom stereocenters. The molecule has 2 fully saturated rings. The van der Waals surface area contributed by atoms with Crippen LogP contribution in [0.1, 0.15) is 64.0 Å². The Hall–Kier alpha value is -2.99. The van der Waals surface area contributed by atoms with Crippen LogP contribution in [0.15, 0.2) is 42.5 Å². The molecule has 1 heterocycles. The van der Waals surface area contributed by atoms with E-state index in [9.17, 15) is 4.79 Å². The van der Waals surface area contributed by atoms with Gasteiger partial charge in [-0.15, -0.1) is 0 Å². The van der Waals surface area contributed by atoms with Gasteiger partial charge in [-0.25, -0.2) is 4.79 Å². The number of carbonyl (C=O) groups is 1. The highest BCUT2D eigenvalue weighted by Crippen LogP contribution is 2.44. The second-order valence-corrected chi connectivity index (χ2v) is 10.1. The van der Waals surface area contributed by atoms with E-state index >= 15 is 0 Å². The molecule has 1 amide bonds. The van der Waals surface area contributed by atoms with Crippen molar-refractivity contribution in [2.24, 2.45) is 0 Å². The summed E-state index contributed by atoms with van der Waals surface area (Å²) in [4.78, 5) is 11.9. The molecule has 5 rings (SSSR count). The monoisotopic (exact) mass is 460 g/mol. The number of nitrogens with two attached hydrogens (primary N) is 1. The standard InChI is InChI=1S/C28H36N4O2/c1-18(2)34-28(33)31-22-11-9-20(10-12-22)27-26(29)24-15-8-19(5-4-16-30-21-13-14-21)17-25(24)32(27)23-6-3-7-23/h8-12,15,17-18,21,23,30H,3-7,13-14,16,29H2,1-2H3,(H,31,33). The van der Waals surface area contributed by atoms with Crippen molar-refractivity contribution in [3.05, 3.63) is 48.0 Å². The maximum absolute atomic E-state index is 11.9. The molecule has 0 saturated heterocycles. The first kappa shape index (κ1) is 22.8. The quantitative estimate of drug-likeness (QED) is 0.329. The van der Waals surface area contributed by atoms with Crippen molar-refractivity contribution in [1.29, 1.82) is 0 Å². The predicted molar refractivity (Wildman–Crippen MR) is 139 cm³/mol. The van der Waals surface area contributed by atoms with Gasteiger partial charge in [0.25, 0.3) is 0 Å². The largest absolute Gasteiger partial charge is 0.447 e. The summed E-state index contributed by atoms with van der Waals surface area (Å²) in [6, 6.07) is 15.9. The Morgan fingerprint density at radius 2 is 1.88 bits per heavy atom. The summed E-state index contributed by atoms with van der Waals surface area (Å²) in [5, 5.41) is 7.53. The number of rotatable bonds is 9. The number of carbonyl (C=O) groups excluding carboxylic acids is 1. The number of anilines is 2. The van der Waals surface area contributed by atoms with Crippen LogP contribution in [0.4, 0.5) is 16.2 Å². The number of benzene rings is 2. The smallest absolute Gasteiger partial charge is 0.411 e. The zero-order chi connectivity index (χ0) is 23.7. The number of ether oxygens (including phenoxy) is 1. The fraction of sp³-hybridized carbons (Fsp3) is 0.464. The molecule has 180 valence electrons. The lowest BCUT2D eigenvalue weighted by Gasteiger charge is -2.30. The molecule has 0 radical (unpaired) electrons. The van der Waals surface area contributed by atoms with Crippen LogP contribution in [0.25, 0.3) is 22.2 Å². The van der Waals surface area contributed by atoms with Crippen molar-refractivity contribution >= 4 is 28.4 Å². The Kier molecular flexibility index (Phi) is 6.50. The lowest BCUT2D eigenvalue weighted by molar-refractivity contribution is 0.130. The van der Waals surface area contributed by atoms with Gasteiger partial charge in [-0.3, -0.25) is 5.32 Å². The number of nitrogen functional groups attached to an aromatic ring is 1. The molecule has 2 aliphatic carbocycles. The molecule has 0 bridgehead atoms. The van der Waals surface area contributed by atoms with E-state index in [0.717, 1.165) is 47.8 Å². The van der Waals surface area contributed by atoms with Crippen molar-refractivity contribution < 1.29 is 9.53 Å². The van der Waals surface area contributed by atoms with Crippen molar-refractivity contribution in [1.82, 2.24) is 9.88 Å². The summed E-state index contributed by atoms with van der Waals surface area (Å²) in [6.45, 7) is 4.76. The first-order chi connectivity index (χ1) is 16.5. The highest BCUT2D eigenvalue weighted by Gasteiger charge is 2.27. The Balaban J connectivity index is 1.41. The summed E-state index contributed by atoms with van der Waals surface area (Å²) in [6.07, 6.45) is 7.94. The van der Waals surface area contributed by atoms with Crippen LogP contribution in [0.5, 0.6) is 0 Å². The second-order valence-electron chi connectivity index (χ2n) is 10.1. The van der Waals surface area contributed by atoms with Crippen molar-refractivity contribution in [2.75, 3.05) is 17.6 Å². The minimum absolute atomic E-state index is 0.156. The zero-order valence-electron chi connectivity index (χ0n) is 20.3. The molecule has 6 heteroatoms. The molecule has 4 N–H and O–H groups in total. The van der Waals surface area contributed by atoms with Crippen molar-refractivity contribution in [3.63, 3.8) is 0 Å². The van der Waals surface area contributed by atoms with Crippen LogP contribution in [0.3, 0.4) is 0 Å². The molecule has 2 aromatic carbocycles. The van der Waals surface area contributed by atoms with Gasteiger partial charge in [0.15, 0.2) is 0 Å². The molecular formula is C28H36N4O2. The maximum Gasteiger partial charge on any atom is 0.411 e. The Bertz CT molecular complexity index is 1160. The highest BCUT2D eigenvalue weighted by molar-refractivity contribution is 6.01. The fourth-order valence-electron chi connectivity index (χ4n) is 4.82. The Labute approximate surface area is 201 Å². The van der Waals surface area contributed by atoms with E-state index in [1.54, 1.807) is 0 Å². The minimum Gasteiger partial charge on any atom is -0.447 e. The van der Waals surface area contributed by atoms with Gasteiger partial charge in [-0.05, 0) is 89.1 Å². The van der Waals surface area contributed by atoms with E-state index in [1.807, 2.05) is 38.1 Å². The number of fused-ring (bicyclic) bond motifs is 1. The van der Waals surface area contributed by atoms with E-state index in [1.165, 1.54) is 43.2 Å². The lowest BCUT2D eigenvalue weighted by atomic mass is 9.92. The lowest BCUT2D eigenvalue weighted by Crippen LogP contribution is -2.18. The summed E-state index contributed by atoms with van der Waals surface area (Å²) in [7, 11) is 0. The van der Waals surface area contributed by atoms with E-state index in [2.05, 4.69) is 33.4 Å². The molecule has 2 saturated carbocycles. The van der Waals surface area contributed by atoms with Crippen LogP contribution in [0.2, 0.25) is 0 Å². The molecule has 3 aromatic rings.